The molecular weight excluding hydrogens is 446 g/mol. The molecule has 0 aliphatic heterocycles. The van der Waals surface area contributed by atoms with Crippen molar-refractivity contribution in [3.63, 3.8) is 0 Å². The average molecular weight is 508 g/mol. The molecule has 0 aliphatic rings. The lowest BCUT2D eigenvalue weighted by Crippen LogP contribution is -2.45. The van der Waals surface area contributed by atoms with E-state index >= 15 is 0 Å². The summed E-state index contributed by atoms with van der Waals surface area (Å²) in [5, 5.41) is 22.6. The fourth-order valence-corrected chi connectivity index (χ4v) is 4.46. The van der Waals surface area contributed by atoms with Gasteiger partial charge in [-0.3, -0.25) is 4.79 Å². The second-order valence-electron chi connectivity index (χ2n) is 10.5. The molecule has 4 nitrogen and oxygen atoms in total. The van der Waals surface area contributed by atoms with Crippen molar-refractivity contribution in [3.05, 3.63) is 24.3 Å². The summed E-state index contributed by atoms with van der Waals surface area (Å²) in [6, 6.07) is -0.619. The molecule has 0 saturated carbocycles. The van der Waals surface area contributed by atoms with Crippen molar-refractivity contribution >= 4 is 5.91 Å². The number of amides is 1. The van der Waals surface area contributed by atoms with E-state index in [4.69, 9.17) is 0 Å². The quantitative estimate of drug-likeness (QED) is 0.0770. The zero-order valence-corrected chi connectivity index (χ0v) is 24.0. The smallest absolute Gasteiger partial charge is 0.220 e. The van der Waals surface area contributed by atoms with Gasteiger partial charge < -0.3 is 15.5 Å². The summed E-state index contributed by atoms with van der Waals surface area (Å²) in [6.45, 7) is 4.24. The molecule has 0 heterocycles. The van der Waals surface area contributed by atoms with Gasteiger partial charge >= 0.3 is 0 Å². The van der Waals surface area contributed by atoms with Crippen LogP contribution in [0, 0.1) is 0 Å². The fraction of sp³-hybridized carbons (Fsp3) is 0.844. The van der Waals surface area contributed by atoms with E-state index in [2.05, 4.69) is 31.3 Å². The van der Waals surface area contributed by atoms with Crippen LogP contribution >= 0.6 is 0 Å². The molecule has 2 atom stereocenters. The van der Waals surface area contributed by atoms with Crippen LogP contribution in [0.1, 0.15) is 155 Å². The van der Waals surface area contributed by atoms with Crippen LogP contribution in [0.4, 0.5) is 0 Å². The molecule has 0 aromatic carbocycles. The van der Waals surface area contributed by atoms with E-state index in [1.54, 1.807) is 6.08 Å². The molecule has 212 valence electrons. The molecule has 0 radical (unpaired) electrons. The van der Waals surface area contributed by atoms with Gasteiger partial charge in [0, 0.05) is 6.42 Å². The molecule has 0 aromatic rings. The summed E-state index contributed by atoms with van der Waals surface area (Å²) in [6.07, 6.45) is 34.0. The Morgan fingerprint density at radius 2 is 1.06 bits per heavy atom. The van der Waals surface area contributed by atoms with E-state index < -0.39 is 12.1 Å². The largest absolute Gasteiger partial charge is 0.394 e. The summed E-state index contributed by atoms with van der Waals surface area (Å²) >= 11 is 0. The first-order chi connectivity index (χ1) is 17.7. The number of hydrogen-bond donors (Lipinski definition) is 3. The number of allylic oxidation sites excluding steroid dienone is 3. The van der Waals surface area contributed by atoms with Crippen LogP contribution in [0.2, 0.25) is 0 Å². The van der Waals surface area contributed by atoms with Gasteiger partial charge in [0.25, 0.3) is 0 Å². The summed E-state index contributed by atoms with van der Waals surface area (Å²) in [4.78, 5) is 12.2. The first kappa shape index (κ1) is 34.9. The number of unbranched alkanes of at least 4 members (excludes halogenated alkanes) is 18. The predicted molar refractivity (Wildman–Crippen MR) is 156 cm³/mol. The van der Waals surface area contributed by atoms with Crippen molar-refractivity contribution in [2.24, 2.45) is 0 Å². The molecule has 0 rings (SSSR count). The molecule has 0 spiro atoms. The van der Waals surface area contributed by atoms with E-state index in [1.807, 2.05) is 6.08 Å². The molecule has 0 bridgehead atoms. The minimum absolute atomic E-state index is 0.0780. The van der Waals surface area contributed by atoms with Crippen LogP contribution in [-0.2, 0) is 4.79 Å². The molecule has 2 unspecified atom stereocenters. The molecule has 0 saturated heterocycles. The number of rotatable bonds is 27. The fourth-order valence-electron chi connectivity index (χ4n) is 4.46. The first-order valence-electron chi connectivity index (χ1n) is 15.6. The second-order valence-corrected chi connectivity index (χ2v) is 10.5. The normalized spacial score (nSPS) is 13.6. The van der Waals surface area contributed by atoms with Crippen molar-refractivity contribution in [1.29, 1.82) is 0 Å². The zero-order valence-electron chi connectivity index (χ0n) is 24.0. The summed E-state index contributed by atoms with van der Waals surface area (Å²) < 4.78 is 0. The monoisotopic (exact) mass is 507 g/mol. The van der Waals surface area contributed by atoms with Gasteiger partial charge in [0.1, 0.15) is 0 Å². The van der Waals surface area contributed by atoms with Gasteiger partial charge in [-0.25, -0.2) is 0 Å². The standard InChI is InChI=1S/C32H61NO3/c1-3-5-7-9-11-13-14-15-16-17-18-19-20-22-24-26-28-32(36)33-30(29-34)31(35)27-25-23-21-12-10-8-6-4-2/h16-17,25,27,30-31,34-35H,3-15,18-24,26,28-29H2,1-2H3,(H,33,36)/b17-16-,27-25+. The topological polar surface area (TPSA) is 69.6 Å². The predicted octanol–water partition coefficient (Wildman–Crippen LogP) is 8.56. The van der Waals surface area contributed by atoms with Crippen molar-refractivity contribution in [2.45, 2.75) is 167 Å². The molecule has 1 amide bonds. The number of carbonyl (C=O) groups excluding carboxylic acids is 1. The zero-order chi connectivity index (χ0) is 26.5. The van der Waals surface area contributed by atoms with Crippen molar-refractivity contribution in [1.82, 2.24) is 5.32 Å². The highest BCUT2D eigenvalue weighted by atomic mass is 16.3. The summed E-state index contributed by atoms with van der Waals surface area (Å²) in [7, 11) is 0. The Morgan fingerprint density at radius 1 is 0.639 bits per heavy atom. The van der Waals surface area contributed by atoms with Crippen molar-refractivity contribution in [2.75, 3.05) is 6.61 Å². The Labute approximate surface area is 224 Å². The van der Waals surface area contributed by atoms with Crippen molar-refractivity contribution in [3.8, 4) is 0 Å². The first-order valence-corrected chi connectivity index (χ1v) is 15.6. The molecule has 3 N–H and O–H groups in total. The van der Waals surface area contributed by atoms with E-state index in [9.17, 15) is 15.0 Å². The lowest BCUT2D eigenvalue weighted by atomic mass is 10.1. The van der Waals surface area contributed by atoms with Gasteiger partial charge in [-0.1, -0.05) is 128 Å². The lowest BCUT2D eigenvalue weighted by Gasteiger charge is -2.20. The van der Waals surface area contributed by atoms with Gasteiger partial charge in [0.15, 0.2) is 0 Å². The van der Waals surface area contributed by atoms with Gasteiger partial charge in [-0.05, 0) is 44.9 Å². The van der Waals surface area contributed by atoms with Gasteiger partial charge in [-0.2, -0.15) is 0 Å². The lowest BCUT2D eigenvalue weighted by molar-refractivity contribution is -0.123. The van der Waals surface area contributed by atoms with Gasteiger partial charge in [0.2, 0.25) is 5.91 Å². The van der Waals surface area contributed by atoms with Crippen LogP contribution < -0.4 is 5.32 Å². The van der Waals surface area contributed by atoms with Crippen LogP contribution in [0.25, 0.3) is 0 Å². The van der Waals surface area contributed by atoms with Crippen LogP contribution in [0.5, 0.6) is 0 Å². The van der Waals surface area contributed by atoms with E-state index in [-0.39, 0.29) is 12.5 Å². The number of carbonyl (C=O) groups is 1. The molecule has 36 heavy (non-hydrogen) atoms. The van der Waals surface area contributed by atoms with Crippen LogP contribution in [-0.4, -0.2) is 34.9 Å². The molecule has 0 fully saturated rings. The maximum Gasteiger partial charge on any atom is 0.220 e. The third-order valence-electron chi connectivity index (χ3n) is 6.93. The molecule has 4 heteroatoms. The highest BCUT2D eigenvalue weighted by Crippen LogP contribution is 2.11. The van der Waals surface area contributed by atoms with E-state index in [1.165, 1.54) is 103 Å². The van der Waals surface area contributed by atoms with E-state index in [0.717, 1.165) is 32.1 Å². The van der Waals surface area contributed by atoms with E-state index in [0.29, 0.717) is 6.42 Å². The molecule has 0 aromatic heterocycles. The number of aliphatic hydroxyl groups excluding tert-OH is 2. The minimum atomic E-state index is -0.835. The summed E-state index contributed by atoms with van der Waals surface area (Å²) in [5.74, 6) is -0.0780. The molecule has 0 aliphatic carbocycles. The average Bonchev–Trinajstić information content (AvgIpc) is 2.88. The highest BCUT2D eigenvalue weighted by Gasteiger charge is 2.17. The van der Waals surface area contributed by atoms with Gasteiger partial charge in [0.05, 0.1) is 18.8 Å². The third-order valence-corrected chi connectivity index (χ3v) is 6.93. The Balaban J connectivity index is 3.65. The molecular formula is C32H61NO3. The van der Waals surface area contributed by atoms with Crippen LogP contribution in [0.3, 0.4) is 0 Å². The second kappa shape index (κ2) is 28.4. The number of aliphatic hydroxyl groups is 2. The third kappa shape index (κ3) is 24.6. The van der Waals surface area contributed by atoms with Crippen molar-refractivity contribution < 1.29 is 15.0 Å². The summed E-state index contributed by atoms with van der Waals surface area (Å²) in [5.41, 5.74) is 0. The maximum absolute atomic E-state index is 12.2. The SMILES string of the molecule is CCCCCCCC/C=C/C(O)C(CO)NC(=O)CCCCCCC/C=C\CCCCCCCCC. The van der Waals surface area contributed by atoms with Gasteiger partial charge in [-0.15, -0.1) is 0 Å². The Kier molecular flexibility index (Phi) is 27.5. The Morgan fingerprint density at radius 3 is 1.53 bits per heavy atom. The highest BCUT2D eigenvalue weighted by molar-refractivity contribution is 5.76. The Hall–Kier alpha value is -1.13. The Bertz CT molecular complexity index is 518. The number of hydrogen-bond acceptors (Lipinski definition) is 3. The van der Waals surface area contributed by atoms with Crippen LogP contribution in [0.15, 0.2) is 24.3 Å². The minimum Gasteiger partial charge on any atom is -0.394 e. The number of nitrogens with one attached hydrogen (secondary N) is 1. The maximum atomic E-state index is 12.2.